The molecule has 1 aromatic carbocycles. The average molecular weight is 342 g/mol. The summed E-state index contributed by atoms with van der Waals surface area (Å²) < 4.78 is 20.9. The van der Waals surface area contributed by atoms with E-state index in [-0.39, 0.29) is 5.82 Å². The molecule has 2 aromatic rings. The number of hydrogen-bond donors (Lipinski definition) is 1. The molecule has 0 aliphatic rings. The van der Waals surface area contributed by atoms with Gasteiger partial charge in [0.05, 0.1) is 16.8 Å². The lowest BCUT2D eigenvalue weighted by Gasteiger charge is -2.12. The molecule has 0 bridgehead atoms. The number of ether oxygens (including phenoxy) is 1. The van der Waals surface area contributed by atoms with Crippen LogP contribution in [0, 0.1) is 19.7 Å². The molecule has 20 heavy (non-hydrogen) atoms. The lowest BCUT2D eigenvalue weighted by atomic mass is 10.2. The van der Waals surface area contributed by atoms with Crippen molar-refractivity contribution in [3.63, 3.8) is 0 Å². The second-order valence-electron chi connectivity index (χ2n) is 4.60. The van der Waals surface area contributed by atoms with Gasteiger partial charge in [-0.25, -0.2) is 9.37 Å². The summed E-state index contributed by atoms with van der Waals surface area (Å²) in [6.07, 6.45) is 1.95. The van der Waals surface area contributed by atoms with E-state index in [0.29, 0.717) is 17.6 Å². The number of rotatable bonds is 5. The zero-order valence-corrected chi connectivity index (χ0v) is 13.3. The topological polar surface area (TPSA) is 39.1 Å². The molecule has 1 N–H and O–H groups in total. The normalized spacial score (nSPS) is 10.8. The number of hydrogen-bond acceptors (Lipinski definition) is 3. The Balaban J connectivity index is 2.27. The van der Waals surface area contributed by atoms with Crippen LogP contribution in [0.4, 0.5) is 16.0 Å². The third-order valence-electron chi connectivity index (χ3n) is 2.95. The third-order valence-corrected chi connectivity index (χ3v) is 3.55. The molecule has 0 radical (unpaired) electrons. The number of anilines is 2. The summed E-state index contributed by atoms with van der Waals surface area (Å²) in [5.41, 5.74) is 2.56. The largest absolute Gasteiger partial charge is 0.383 e. The van der Waals surface area contributed by atoms with Gasteiger partial charge < -0.3 is 14.6 Å². The van der Waals surface area contributed by atoms with Gasteiger partial charge >= 0.3 is 0 Å². The average Bonchev–Trinajstić information content (AvgIpc) is 2.73. The molecular weight excluding hydrogens is 325 g/mol. The Morgan fingerprint density at radius 1 is 1.40 bits per heavy atom. The first-order chi connectivity index (χ1) is 9.51. The fraction of sp³-hybridized carbons (Fsp3) is 0.357. The minimum absolute atomic E-state index is 0.271. The van der Waals surface area contributed by atoms with Crippen molar-refractivity contribution >= 4 is 27.6 Å². The van der Waals surface area contributed by atoms with Crippen LogP contribution < -0.4 is 5.32 Å². The van der Waals surface area contributed by atoms with Gasteiger partial charge in [0.15, 0.2) is 0 Å². The molecule has 0 atom stereocenters. The number of imidazole rings is 1. The lowest BCUT2D eigenvalue weighted by molar-refractivity contribution is 0.188. The van der Waals surface area contributed by atoms with Crippen LogP contribution in [0.25, 0.3) is 0 Å². The van der Waals surface area contributed by atoms with Crippen LogP contribution in [-0.4, -0.2) is 23.3 Å². The molecule has 108 valence electrons. The van der Waals surface area contributed by atoms with E-state index >= 15 is 0 Å². The van der Waals surface area contributed by atoms with Crippen LogP contribution in [0.2, 0.25) is 0 Å². The summed E-state index contributed by atoms with van der Waals surface area (Å²) >= 11 is 3.20. The second kappa shape index (κ2) is 6.37. The molecule has 0 saturated carbocycles. The summed E-state index contributed by atoms with van der Waals surface area (Å²) in [4.78, 5) is 4.44. The first-order valence-corrected chi connectivity index (χ1v) is 7.06. The van der Waals surface area contributed by atoms with Gasteiger partial charge in [0.25, 0.3) is 0 Å². The van der Waals surface area contributed by atoms with E-state index in [0.717, 1.165) is 22.9 Å². The van der Waals surface area contributed by atoms with Crippen LogP contribution in [0.5, 0.6) is 0 Å². The van der Waals surface area contributed by atoms with Crippen LogP contribution in [-0.2, 0) is 11.3 Å². The SMILES string of the molecule is COCCn1cc(C)nc1Nc1cc(Br)c(F)cc1C. The Kier molecular flexibility index (Phi) is 4.77. The summed E-state index contributed by atoms with van der Waals surface area (Å²) in [7, 11) is 1.66. The minimum atomic E-state index is -0.271. The molecule has 2 rings (SSSR count). The smallest absolute Gasteiger partial charge is 0.207 e. The Labute approximate surface area is 126 Å². The van der Waals surface area contributed by atoms with Crippen molar-refractivity contribution in [1.82, 2.24) is 9.55 Å². The summed E-state index contributed by atoms with van der Waals surface area (Å²) in [5, 5.41) is 3.24. The maximum Gasteiger partial charge on any atom is 0.207 e. The number of halogens is 2. The molecule has 1 aromatic heterocycles. The van der Waals surface area contributed by atoms with Crippen LogP contribution in [0.3, 0.4) is 0 Å². The van der Waals surface area contributed by atoms with Gasteiger partial charge in [0.2, 0.25) is 5.95 Å². The Morgan fingerprint density at radius 2 is 2.15 bits per heavy atom. The predicted molar refractivity (Wildman–Crippen MR) is 81.0 cm³/mol. The summed E-state index contributed by atoms with van der Waals surface area (Å²) in [6.45, 7) is 5.10. The fourth-order valence-electron chi connectivity index (χ4n) is 1.91. The zero-order valence-electron chi connectivity index (χ0n) is 11.7. The molecular formula is C14H17BrFN3O. The first kappa shape index (κ1) is 15.0. The predicted octanol–water partition coefficient (Wildman–Crippen LogP) is 3.79. The van der Waals surface area contributed by atoms with Crippen molar-refractivity contribution in [2.45, 2.75) is 20.4 Å². The van der Waals surface area contributed by atoms with Gasteiger partial charge in [-0.2, -0.15) is 0 Å². The fourth-order valence-corrected chi connectivity index (χ4v) is 2.25. The second-order valence-corrected chi connectivity index (χ2v) is 5.45. The molecule has 0 spiro atoms. The van der Waals surface area contributed by atoms with Gasteiger partial charge in [0.1, 0.15) is 5.82 Å². The Bertz CT molecular complexity index is 613. The van der Waals surface area contributed by atoms with E-state index in [9.17, 15) is 4.39 Å². The molecule has 4 nitrogen and oxygen atoms in total. The quantitative estimate of drug-likeness (QED) is 0.899. The van der Waals surface area contributed by atoms with E-state index < -0.39 is 0 Å². The number of nitrogens with zero attached hydrogens (tertiary/aromatic N) is 2. The number of aryl methyl sites for hydroxylation is 2. The van der Waals surface area contributed by atoms with Gasteiger partial charge in [-0.3, -0.25) is 0 Å². The highest BCUT2D eigenvalue weighted by atomic mass is 79.9. The molecule has 6 heteroatoms. The van der Waals surface area contributed by atoms with E-state index in [1.807, 2.05) is 24.6 Å². The highest BCUT2D eigenvalue weighted by Gasteiger charge is 2.10. The van der Waals surface area contributed by atoms with Gasteiger partial charge in [0, 0.05) is 25.5 Å². The highest BCUT2D eigenvalue weighted by Crippen LogP contribution is 2.26. The number of benzene rings is 1. The standard InChI is InChI=1S/C14H17BrFN3O/c1-9-6-12(16)11(15)7-13(9)18-14-17-10(2)8-19(14)4-5-20-3/h6-8H,4-5H2,1-3H3,(H,17,18). The van der Waals surface area contributed by atoms with Crippen molar-refractivity contribution in [3.05, 3.63) is 39.9 Å². The van der Waals surface area contributed by atoms with Gasteiger partial charge in [-0.05, 0) is 47.5 Å². The Morgan fingerprint density at radius 3 is 2.85 bits per heavy atom. The van der Waals surface area contributed by atoms with Gasteiger partial charge in [-0.1, -0.05) is 0 Å². The summed E-state index contributed by atoms with van der Waals surface area (Å²) in [5.74, 6) is 0.452. The van der Waals surface area contributed by atoms with E-state index in [2.05, 4.69) is 26.2 Å². The zero-order chi connectivity index (χ0) is 14.7. The minimum Gasteiger partial charge on any atom is -0.383 e. The van der Waals surface area contributed by atoms with Crippen molar-refractivity contribution in [1.29, 1.82) is 0 Å². The molecule has 0 amide bonds. The third kappa shape index (κ3) is 3.37. The van der Waals surface area contributed by atoms with Crippen molar-refractivity contribution in [2.75, 3.05) is 19.0 Å². The highest BCUT2D eigenvalue weighted by molar-refractivity contribution is 9.10. The van der Waals surface area contributed by atoms with Crippen molar-refractivity contribution in [2.24, 2.45) is 0 Å². The van der Waals surface area contributed by atoms with Crippen molar-refractivity contribution in [3.8, 4) is 0 Å². The molecule has 0 unspecified atom stereocenters. The first-order valence-electron chi connectivity index (χ1n) is 6.26. The van der Waals surface area contributed by atoms with Crippen LogP contribution >= 0.6 is 15.9 Å². The number of methoxy groups -OCH3 is 1. The monoisotopic (exact) mass is 341 g/mol. The van der Waals surface area contributed by atoms with Gasteiger partial charge in [-0.15, -0.1) is 0 Å². The molecule has 0 aliphatic heterocycles. The number of nitrogens with one attached hydrogen (secondary N) is 1. The lowest BCUT2D eigenvalue weighted by Crippen LogP contribution is -2.07. The maximum atomic E-state index is 13.4. The molecule has 1 heterocycles. The van der Waals surface area contributed by atoms with Crippen LogP contribution in [0.15, 0.2) is 22.8 Å². The van der Waals surface area contributed by atoms with Crippen molar-refractivity contribution < 1.29 is 9.13 Å². The van der Waals surface area contributed by atoms with Crippen LogP contribution in [0.1, 0.15) is 11.3 Å². The molecule has 0 saturated heterocycles. The molecule has 0 aliphatic carbocycles. The maximum absolute atomic E-state index is 13.4. The number of aromatic nitrogens is 2. The Hall–Kier alpha value is -1.40. The van der Waals surface area contributed by atoms with E-state index in [1.165, 1.54) is 6.07 Å². The molecule has 0 fully saturated rings. The van der Waals surface area contributed by atoms with E-state index in [4.69, 9.17) is 4.74 Å². The summed E-state index contributed by atoms with van der Waals surface area (Å²) in [6, 6.07) is 3.21. The van der Waals surface area contributed by atoms with E-state index in [1.54, 1.807) is 13.2 Å².